The topological polar surface area (TPSA) is 69.1 Å². The highest BCUT2D eigenvalue weighted by Crippen LogP contribution is 2.37. The lowest BCUT2D eigenvalue weighted by molar-refractivity contribution is 0.0602. The molecule has 3 aromatic heterocycles. The monoisotopic (exact) mass is 473 g/mol. The molecule has 3 heterocycles. The molecule has 0 aliphatic carbocycles. The second-order valence-electron chi connectivity index (χ2n) is 7.43. The highest BCUT2D eigenvalue weighted by atomic mass is 32.2. The van der Waals surface area contributed by atoms with Gasteiger partial charge in [0.1, 0.15) is 0 Å². The lowest BCUT2D eigenvalue weighted by atomic mass is 10.1. The van der Waals surface area contributed by atoms with Crippen molar-refractivity contribution in [3.8, 4) is 28.3 Å². The quantitative estimate of drug-likeness (QED) is 0.298. The Bertz CT molecular complexity index is 1490. The number of aromatic amines is 1. The van der Waals surface area contributed by atoms with Gasteiger partial charge in [-0.05, 0) is 54.4 Å². The van der Waals surface area contributed by atoms with Gasteiger partial charge in [-0.1, -0.05) is 24.3 Å². The highest BCUT2D eigenvalue weighted by Gasteiger charge is 2.23. The minimum Gasteiger partial charge on any atom is -0.494 e. The summed E-state index contributed by atoms with van der Waals surface area (Å²) < 4.78 is 27.1. The molecule has 5 rings (SSSR count). The van der Waals surface area contributed by atoms with E-state index in [1.807, 2.05) is 52.6 Å². The number of pyridine rings is 1. The molecule has 1 N–H and O–H groups in total. The van der Waals surface area contributed by atoms with E-state index < -0.39 is 11.8 Å². The first-order chi connectivity index (χ1) is 16.6. The molecule has 2 aromatic carbocycles. The van der Waals surface area contributed by atoms with E-state index in [0.29, 0.717) is 11.4 Å². The number of esters is 1. The summed E-state index contributed by atoms with van der Waals surface area (Å²) in [4.78, 5) is 21.4. The number of H-pyrrole nitrogens is 1. The van der Waals surface area contributed by atoms with Gasteiger partial charge in [0.05, 0.1) is 25.5 Å². The minimum atomic E-state index is -0.567. The number of ether oxygens (including phenoxy) is 2. The maximum atomic E-state index is 15.1. The van der Waals surface area contributed by atoms with Gasteiger partial charge in [0.25, 0.3) is 0 Å². The number of nitrogens with zero attached hydrogens (tertiary/aromatic N) is 2. The molecule has 0 saturated heterocycles. The van der Waals surface area contributed by atoms with Gasteiger partial charge in [-0.3, -0.25) is 3.97 Å². The molecule has 0 spiro atoms. The van der Waals surface area contributed by atoms with Crippen LogP contribution in [0, 0.1) is 5.82 Å². The van der Waals surface area contributed by atoms with Gasteiger partial charge < -0.3 is 14.5 Å². The molecule has 5 aromatic rings. The average molecular weight is 474 g/mol. The van der Waals surface area contributed by atoms with Gasteiger partial charge in [0.2, 0.25) is 0 Å². The Morgan fingerprint density at radius 1 is 1.03 bits per heavy atom. The Morgan fingerprint density at radius 3 is 2.62 bits per heavy atom. The number of halogens is 1. The molecule has 0 saturated carbocycles. The highest BCUT2D eigenvalue weighted by molar-refractivity contribution is 7.98. The Labute approximate surface area is 199 Å². The number of hydrogen-bond acceptors (Lipinski definition) is 5. The number of nitrogens with one attached hydrogen (secondary N) is 1. The maximum absolute atomic E-state index is 15.1. The lowest BCUT2D eigenvalue weighted by Crippen LogP contribution is -2.02. The standard InChI is InChI=1S/C26H20FN3O3S/c1-32-22-10-6-9-19(23(22)27)24-20(26(31)33-2)15-21(29-24)17-11-13-28-25-18(17)12-14-30(25)34-16-7-4-3-5-8-16/h3-15,29H,1-2H3. The van der Waals surface area contributed by atoms with Crippen LogP contribution in [0.1, 0.15) is 10.4 Å². The largest absolute Gasteiger partial charge is 0.494 e. The van der Waals surface area contributed by atoms with Crippen LogP contribution in [0.25, 0.3) is 33.5 Å². The Kier molecular flexibility index (Phi) is 5.81. The summed E-state index contributed by atoms with van der Waals surface area (Å²) in [6, 6.07) is 20.3. The van der Waals surface area contributed by atoms with Crippen molar-refractivity contribution in [2.75, 3.05) is 14.2 Å². The van der Waals surface area contributed by atoms with E-state index in [-0.39, 0.29) is 16.9 Å². The Balaban J connectivity index is 1.64. The Hall–Kier alpha value is -4.04. The summed E-state index contributed by atoms with van der Waals surface area (Å²) in [7, 11) is 2.70. The molecule has 0 aliphatic rings. The van der Waals surface area contributed by atoms with Crippen LogP contribution in [0.2, 0.25) is 0 Å². The van der Waals surface area contributed by atoms with Crippen molar-refractivity contribution in [1.29, 1.82) is 0 Å². The van der Waals surface area contributed by atoms with Crippen LogP contribution in [0.3, 0.4) is 0 Å². The number of carbonyl (C=O) groups is 1. The van der Waals surface area contributed by atoms with E-state index >= 15 is 4.39 Å². The maximum Gasteiger partial charge on any atom is 0.340 e. The number of methoxy groups -OCH3 is 2. The average Bonchev–Trinajstić information content (AvgIpc) is 3.49. The van der Waals surface area contributed by atoms with Gasteiger partial charge in [-0.2, -0.15) is 0 Å². The van der Waals surface area contributed by atoms with Crippen LogP contribution in [-0.4, -0.2) is 34.1 Å². The van der Waals surface area contributed by atoms with E-state index in [1.54, 1.807) is 36.3 Å². The second-order valence-corrected chi connectivity index (χ2v) is 8.47. The summed E-state index contributed by atoms with van der Waals surface area (Å²) >= 11 is 1.55. The van der Waals surface area contributed by atoms with E-state index in [2.05, 4.69) is 9.97 Å². The lowest BCUT2D eigenvalue weighted by Gasteiger charge is -2.08. The molecular formula is C26H20FN3O3S. The summed E-state index contributed by atoms with van der Waals surface area (Å²) in [5, 5.41) is 0.890. The zero-order valence-corrected chi connectivity index (χ0v) is 19.2. The summed E-state index contributed by atoms with van der Waals surface area (Å²) in [5.74, 6) is -1.04. The third-order valence-electron chi connectivity index (χ3n) is 5.47. The fourth-order valence-corrected chi connectivity index (χ4v) is 4.72. The van der Waals surface area contributed by atoms with Crippen LogP contribution in [0.5, 0.6) is 5.75 Å². The van der Waals surface area contributed by atoms with E-state index in [9.17, 15) is 4.79 Å². The summed E-state index contributed by atoms with van der Waals surface area (Å²) in [6.45, 7) is 0. The predicted molar refractivity (Wildman–Crippen MR) is 131 cm³/mol. The van der Waals surface area contributed by atoms with Crippen molar-refractivity contribution in [3.63, 3.8) is 0 Å². The van der Waals surface area contributed by atoms with E-state index in [1.165, 1.54) is 20.3 Å². The Morgan fingerprint density at radius 2 is 1.85 bits per heavy atom. The SMILES string of the molecule is COC(=O)c1cc(-c2ccnc3c2ccn3Sc2ccccc2)[nH]c1-c1cccc(OC)c1F. The van der Waals surface area contributed by atoms with Crippen molar-refractivity contribution < 1.29 is 18.7 Å². The predicted octanol–water partition coefficient (Wildman–Crippen LogP) is 6.19. The van der Waals surface area contributed by atoms with Gasteiger partial charge in [0, 0.05) is 39.5 Å². The molecule has 0 atom stereocenters. The van der Waals surface area contributed by atoms with Crippen LogP contribution in [0.4, 0.5) is 4.39 Å². The van der Waals surface area contributed by atoms with Crippen LogP contribution < -0.4 is 4.74 Å². The van der Waals surface area contributed by atoms with E-state index in [0.717, 1.165) is 21.5 Å². The van der Waals surface area contributed by atoms with Crippen LogP contribution >= 0.6 is 11.9 Å². The number of carbonyl (C=O) groups excluding carboxylic acids is 1. The molecule has 0 unspecified atom stereocenters. The first kappa shape index (κ1) is 21.8. The normalized spacial score (nSPS) is 11.0. The van der Waals surface area contributed by atoms with E-state index in [4.69, 9.17) is 9.47 Å². The molecule has 6 nitrogen and oxygen atoms in total. The van der Waals surface area contributed by atoms with Gasteiger partial charge in [-0.15, -0.1) is 0 Å². The molecule has 0 aliphatic heterocycles. The fraction of sp³-hybridized carbons (Fsp3) is 0.0769. The summed E-state index contributed by atoms with van der Waals surface area (Å²) in [5.41, 5.74) is 3.02. The second kappa shape index (κ2) is 9.07. The molecule has 0 amide bonds. The van der Waals surface area contributed by atoms with Crippen molar-refractivity contribution in [2.24, 2.45) is 0 Å². The minimum absolute atomic E-state index is 0.0887. The zero-order chi connectivity index (χ0) is 23.7. The van der Waals surface area contributed by atoms with Crippen molar-refractivity contribution in [1.82, 2.24) is 13.9 Å². The van der Waals surface area contributed by atoms with Gasteiger partial charge >= 0.3 is 5.97 Å². The molecule has 170 valence electrons. The number of fused-ring (bicyclic) bond motifs is 1. The molecule has 34 heavy (non-hydrogen) atoms. The molecule has 0 fully saturated rings. The molecular weight excluding hydrogens is 453 g/mol. The fourth-order valence-electron chi connectivity index (χ4n) is 3.86. The number of benzene rings is 2. The number of aromatic nitrogens is 3. The van der Waals surface area contributed by atoms with Gasteiger partial charge in [0.15, 0.2) is 17.2 Å². The zero-order valence-electron chi connectivity index (χ0n) is 18.4. The van der Waals surface area contributed by atoms with Crippen molar-refractivity contribution in [2.45, 2.75) is 4.90 Å². The van der Waals surface area contributed by atoms with Crippen LogP contribution in [0.15, 0.2) is 84.0 Å². The first-order valence-corrected chi connectivity index (χ1v) is 11.2. The first-order valence-electron chi connectivity index (χ1n) is 10.4. The third-order valence-corrected chi connectivity index (χ3v) is 6.44. The molecule has 0 bridgehead atoms. The van der Waals surface area contributed by atoms with Gasteiger partial charge in [-0.25, -0.2) is 14.2 Å². The molecule has 0 radical (unpaired) electrons. The third kappa shape index (κ3) is 3.82. The number of hydrogen-bond donors (Lipinski definition) is 1. The van der Waals surface area contributed by atoms with Crippen molar-refractivity contribution >= 4 is 29.0 Å². The van der Waals surface area contributed by atoms with Crippen LogP contribution in [-0.2, 0) is 4.74 Å². The molecule has 8 heteroatoms. The number of rotatable bonds is 6. The van der Waals surface area contributed by atoms with Crippen molar-refractivity contribution in [3.05, 3.63) is 90.5 Å². The smallest absolute Gasteiger partial charge is 0.340 e. The summed E-state index contributed by atoms with van der Waals surface area (Å²) in [6.07, 6.45) is 3.66.